The second-order valence-electron chi connectivity index (χ2n) is 6.40. The van der Waals surface area contributed by atoms with Crippen molar-refractivity contribution in [2.75, 3.05) is 6.61 Å². The van der Waals surface area contributed by atoms with E-state index >= 15 is 0 Å². The van der Waals surface area contributed by atoms with E-state index in [2.05, 4.69) is 21.2 Å². The van der Waals surface area contributed by atoms with E-state index in [0.717, 1.165) is 27.7 Å². The molecule has 0 saturated heterocycles. The lowest BCUT2D eigenvalue weighted by molar-refractivity contribution is -0.123. The van der Waals surface area contributed by atoms with Crippen LogP contribution in [0.5, 0.6) is 5.75 Å². The van der Waals surface area contributed by atoms with Crippen molar-refractivity contribution in [1.82, 2.24) is 9.99 Å². The van der Waals surface area contributed by atoms with E-state index in [1.54, 1.807) is 6.21 Å². The third kappa shape index (κ3) is 3.61. The molecule has 0 aliphatic rings. The number of carbonyl (C=O) groups excluding carboxylic acids is 1. The van der Waals surface area contributed by atoms with Crippen molar-refractivity contribution in [3.05, 3.63) is 64.8 Å². The predicted molar refractivity (Wildman–Crippen MR) is 105 cm³/mol. The van der Waals surface area contributed by atoms with Gasteiger partial charge in [-0.3, -0.25) is 4.79 Å². The molecule has 134 valence electrons. The number of carbonyl (C=O) groups is 1. The third-order valence-corrected chi connectivity index (χ3v) is 4.68. The summed E-state index contributed by atoms with van der Waals surface area (Å²) in [6, 6.07) is 13.9. The molecule has 1 N–H and O–H groups in total. The third-order valence-electron chi connectivity index (χ3n) is 4.68. The van der Waals surface area contributed by atoms with Crippen LogP contribution in [-0.2, 0) is 11.8 Å². The normalized spacial score (nSPS) is 11.2. The molecule has 1 heterocycles. The summed E-state index contributed by atoms with van der Waals surface area (Å²) >= 11 is 0. The summed E-state index contributed by atoms with van der Waals surface area (Å²) in [5, 5.41) is 5.20. The Kier molecular flexibility index (Phi) is 5.07. The Morgan fingerprint density at radius 3 is 2.69 bits per heavy atom. The van der Waals surface area contributed by atoms with Crippen molar-refractivity contribution >= 4 is 23.0 Å². The molecule has 0 spiro atoms. The van der Waals surface area contributed by atoms with E-state index < -0.39 is 0 Å². The predicted octanol–water partition coefficient (Wildman–Crippen LogP) is 3.63. The number of para-hydroxylation sites is 1. The van der Waals surface area contributed by atoms with Gasteiger partial charge in [0.15, 0.2) is 6.61 Å². The number of rotatable bonds is 5. The SMILES string of the molecule is Cc1ccc(OCC(=O)N/N=C/c2c(C)n(C)c3ccccc23)cc1C. The Morgan fingerprint density at radius 2 is 1.92 bits per heavy atom. The number of nitrogens with one attached hydrogen (secondary N) is 1. The van der Waals surface area contributed by atoms with E-state index in [4.69, 9.17) is 4.74 Å². The summed E-state index contributed by atoms with van der Waals surface area (Å²) in [6.45, 7) is 6.01. The molecule has 0 radical (unpaired) electrons. The van der Waals surface area contributed by atoms with Gasteiger partial charge in [0.2, 0.25) is 0 Å². The molecule has 3 aromatic rings. The van der Waals surface area contributed by atoms with Gasteiger partial charge in [0.05, 0.1) is 6.21 Å². The molecule has 0 aliphatic heterocycles. The highest BCUT2D eigenvalue weighted by Gasteiger charge is 2.09. The lowest BCUT2D eigenvalue weighted by Gasteiger charge is -2.07. The minimum absolute atomic E-state index is 0.0750. The number of hydrogen-bond donors (Lipinski definition) is 1. The van der Waals surface area contributed by atoms with Gasteiger partial charge < -0.3 is 9.30 Å². The van der Waals surface area contributed by atoms with Crippen molar-refractivity contribution < 1.29 is 9.53 Å². The Bertz CT molecular complexity index is 986. The number of nitrogens with zero attached hydrogens (tertiary/aromatic N) is 2. The number of aromatic nitrogens is 1. The highest BCUT2D eigenvalue weighted by molar-refractivity contribution is 6.01. The van der Waals surface area contributed by atoms with Crippen molar-refractivity contribution in [1.29, 1.82) is 0 Å². The zero-order chi connectivity index (χ0) is 18.7. The first kappa shape index (κ1) is 17.7. The first-order valence-corrected chi connectivity index (χ1v) is 8.53. The Labute approximate surface area is 153 Å². The first-order valence-electron chi connectivity index (χ1n) is 8.53. The number of ether oxygens (including phenoxy) is 1. The largest absolute Gasteiger partial charge is 0.484 e. The van der Waals surface area contributed by atoms with Gasteiger partial charge in [-0.05, 0) is 50.1 Å². The zero-order valence-corrected chi connectivity index (χ0v) is 15.5. The molecule has 3 rings (SSSR count). The number of fused-ring (bicyclic) bond motifs is 1. The zero-order valence-electron chi connectivity index (χ0n) is 15.5. The number of amides is 1. The van der Waals surface area contributed by atoms with Crippen LogP contribution in [0.4, 0.5) is 0 Å². The molecule has 0 bridgehead atoms. The topological polar surface area (TPSA) is 55.6 Å². The number of hydrazone groups is 1. The molecular formula is C21H23N3O2. The fraction of sp³-hybridized carbons (Fsp3) is 0.238. The van der Waals surface area contributed by atoms with Crippen LogP contribution in [0, 0.1) is 20.8 Å². The highest BCUT2D eigenvalue weighted by atomic mass is 16.5. The lowest BCUT2D eigenvalue weighted by atomic mass is 10.1. The maximum atomic E-state index is 12.0. The van der Waals surface area contributed by atoms with Gasteiger partial charge in [-0.15, -0.1) is 0 Å². The number of benzene rings is 2. The fourth-order valence-electron chi connectivity index (χ4n) is 2.87. The van der Waals surface area contributed by atoms with Crippen LogP contribution in [0.1, 0.15) is 22.4 Å². The molecule has 5 heteroatoms. The molecule has 1 amide bonds. The maximum Gasteiger partial charge on any atom is 0.277 e. The summed E-state index contributed by atoms with van der Waals surface area (Å²) in [5.74, 6) is 0.384. The van der Waals surface area contributed by atoms with Gasteiger partial charge in [0.1, 0.15) is 5.75 Å². The van der Waals surface area contributed by atoms with Crippen LogP contribution >= 0.6 is 0 Å². The Morgan fingerprint density at radius 1 is 1.15 bits per heavy atom. The van der Waals surface area contributed by atoms with Gasteiger partial charge in [-0.1, -0.05) is 24.3 Å². The van der Waals surface area contributed by atoms with E-state index in [-0.39, 0.29) is 12.5 Å². The van der Waals surface area contributed by atoms with Gasteiger partial charge in [0, 0.05) is 29.2 Å². The van der Waals surface area contributed by atoms with E-state index in [1.165, 1.54) is 5.56 Å². The van der Waals surface area contributed by atoms with Crippen molar-refractivity contribution in [2.45, 2.75) is 20.8 Å². The summed E-state index contributed by atoms with van der Waals surface area (Å²) in [5.41, 5.74) is 8.07. The fourth-order valence-corrected chi connectivity index (χ4v) is 2.87. The van der Waals surface area contributed by atoms with Gasteiger partial charge in [0.25, 0.3) is 5.91 Å². The molecule has 1 aromatic heterocycles. The number of aryl methyl sites for hydroxylation is 3. The minimum atomic E-state index is -0.294. The van der Waals surface area contributed by atoms with E-state index in [1.807, 2.05) is 64.2 Å². The molecule has 5 nitrogen and oxygen atoms in total. The van der Waals surface area contributed by atoms with Crippen LogP contribution < -0.4 is 10.2 Å². The smallest absolute Gasteiger partial charge is 0.277 e. The highest BCUT2D eigenvalue weighted by Crippen LogP contribution is 2.23. The van der Waals surface area contributed by atoms with Crippen LogP contribution in [0.15, 0.2) is 47.6 Å². The van der Waals surface area contributed by atoms with Crippen LogP contribution in [-0.4, -0.2) is 23.3 Å². The summed E-state index contributed by atoms with van der Waals surface area (Å²) < 4.78 is 7.63. The molecule has 26 heavy (non-hydrogen) atoms. The van der Waals surface area contributed by atoms with E-state index in [0.29, 0.717) is 5.75 Å². The molecule has 2 aromatic carbocycles. The molecule has 0 fully saturated rings. The quantitative estimate of drug-likeness (QED) is 0.565. The van der Waals surface area contributed by atoms with E-state index in [9.17, 15) is 4.79 Å². The van der Waals surface area contributed by atoms with Crippen molar-refractivity contribution in [3.8, 4) is 5.75 Å². The summed E-state index contributed by atoms with van der Waals surface area (Å²) in [7, 11) is 2.02. The first-order chi connectivity index (χ1) is 12.5. The standard InChI is InChI=1S/C21H23N3O2/c1-14-9-10-17(11-15(14)2)26-13-21(25)23-22-12-19-16(3)24(4)20-8-6-5-7-18(19)20/h5-12H,13H2,1-4H3,(H,23,25)/b22-12+. The molecule has 0 atom stereocenters. The average Bonchev–Trinajstić information content (AvgIpc) is 2.88. The van der Waals surface area contributed by atoms with Crippen molar-refractivity contribution in [3.63, 3.8) is 0 Å². The monoisotopic (exact) mass is 349 g/mol. The summed E-state index contributed by atoms with van der Waals surface area (Å²) in [6.07, 6.45) is 1.69. The minimum Gasteiger partial charge on any atom is -0.484 e. The van der Waals surface area contributed by atoms with Crippen LogP contribution in [0.2, 0.25) is 0 Å². The molecular weight excluding hydrogens is 326 g/mol. The van der Waals surface area contributed by atoms with Gasteiger partial charge >= 0.3 is 0 Å². The summed E-state index contributed by atoms with van der Waals surface area (Å²) in [4.78, 5) is 12.0. The lowest BCUT2D eigenvalue weighted by Crippen LogP contribution is -2.24. The molecule has 0 unspecified atom stereocenters. The van der Waals surface area contributed by atoms with Crippen LogP contribution in [0.3, 0.4) is 0 Å². The number of hydrogen-bond acceptors (Lipinski definition) is 3. The molecule has 0 aliphatic carbocycles. The van der Waals surface area contributed by atoms with Gasteiger partial charge in [-0.2, -0.15) is 5.10 Å². The van der Waals surface area contributed by atoms with Crippen LogP contribution in [0.25, 0.3) is 10.9 Å². The Balaban J connectivity index is 1.63. The second kappa shape index (κ2) is 7.44. The average molecular weight is 349 g/mol. The Hall–Kier alpha value is -3.08. The van der Waals surface area contributed by atoms with Crippen molar-refractivity contribution in [2.24, 2.45) is 12.1 Å². The second-order valence-corrected chi connectivity index (χ2v) is 6.40. The molecule has 0 saturated carbocycles. The van der Waals surface area contributed by atoms with Gasteiger partial charge in [-0.25, -0.2) is 5.43 Å². The maximum absolute atomic E-state index is 12.0.